The molecule has 0 amide bonds. The van der Waals surface area contributed by atoms with E-state index in [1.807, 2.05) is 47.9 Å². The van der Waals surface area contributed by atoms with Crippen molar-refractivity contribution < 1.29 is 60.3 Å². The van der Waals surface area contributed by atoms with Gasteiger partial charge >= 0.3 is 0 Å². The SMILES string of the molecule is C1=CC2C3C=CC1C1=C(C4=C(C5C=CC6C(C=C5)C46)C1(c1ccccc1)c1ccccc1)C23.C1=CC2C3C=CC1c1c(c4ccccc4n1-c1ccccc1)C23.CC1(C)C2=C(C3=C1C1C=CC4C(C=C1)C34)C1C3C=CC2C=CC31.[C-]1=CC2C3C=CC1(c1cc(-c4ccccc4)ccn1)C=CC23.[C-]1=CC2C3C=CC1(c1cc4ccccc4cn1)C=CC23.[C-]1=CC2C3C=CC1(c1ccccn1)C=CC23.[Ir].[Ir].[Ir]. The summed E-state index contributed by atoms with van der Waals surface area (Å²) >= 11 is 0. The van der Waals surface area contributed by atoms with E-state index in [0.29, 0.717) is 124 Å². The topological polar surface area (TPSA) is 43.6 Å². The molecule has 0 N–H and O–H groups in total. The Morgan fingerprint density at radius 3 is 1.07 bits per heavy atom. The van der Waals surface area contributed by atoms with Gasteiger partial charge in [-0.25, -0.2) is 0 Å². The molecule has 0 aliphatic heterocycles. The van der Waals surface area contributed by atoms with Crippen LogP contribution in [0.4, 0.5) is 0 Å². The molecule has 140 heavy (non-hydrogen) atoms. The molecule has 16 unspecified atom stereocenters. The molecule has 34 aliphatic carbocycles. The number of hydrogen-bond donors (Lipinski definition) is 0. The molecule has 3 radical (unpaired) electrons. The molecule has 10 aromatic rings. The molecule has 6 aromatic carbocycles. The van der Waals surface area contributed by atoms with E-state index in [0.717, 1.165) is 64.4 Å². The Morgan fingerprint density at radius 2 is 0.629 bits per heavy atom. The van der Waals surface area contributed by atoms with Gasteiger partial charge in [0.2, 0.25) is 0 Å². The van der Waals surface area contributed by atoms with Crippen LogP contribution < -0.4 is 0 Å². The first-order chi connectivity index (χ1) is 67.6. The van der Waals surface area contributed by atoms with E-state index in [4.69, 9.17) is 4.98 Å². The van der Waals surface area contributed by atoms with E-state index in [2.05, 4.69) is 447 Å². The Balaban J connectivity index is 0.0000000831. The Kier molecular flexibility index (Phi) is 19.8. The maximum absolute atomic E-state index is 4.71. The number of nitrogens with zero attached hydrogens (tertiary/aromatic N) is 4. The van der Waals surface area contributed by atoms with Crippen molar-refractivity contribution in [2.45, 2.75) is 47.3 Å². The van der Waals surface area contributed by atoms with Crippen molar-refractivity contribution in [2.75, 3.05) is 0 Å². The molecule has 8 saturated carbocycles. The van der Waals surface area contributed by atoms with Gasteiger partial charge in [-0.15, -0.1) is 36.5 Å². The van der Waals surface area contributed by atoms with Crippen LogP contribution in [0.2, 0.25) is 0 Å². The predicted molar refractivity (Wildman–Crippen MR) is 549 cm³/mol. The molecule has 44 rings (SSSR count). The van der Waals surface area contributed by atoms with E-state index in [-0.39, 0.29) is 87.4 Å². The van der Waals surface area contributed by atoms with Crippen molar-refractivity contribution in [1.82, 2.24) is 19.5 Å². The second-order valence-corrected chi connectivity index (χ2v) is 44.6. The number of hydrogen-bond acceptors (Lipinski definition) is 3. The minimum absolute atomic E-state index is 0. The Morgan fingerprint density at radius 1 is 0.271 bits per heavy atom. The summed E-state index contributed by atoms with van der Waals surface area (Å²) in [7, 11) is 0. The molecular weight excluding hydrogens is 2230 g/mol. The van der Waals surface area contributed by atoms with Crippen molar-refractivity contribution in [2.24, 2.45) is 165 Å². The zero-order chi connectivity index (χ0) is 89.7. The van der Waals surface area contributed by atoms with Crippen molar-refractivity contribution in [1.29, 1.82) is 0 Å². The summed E-state index contributed by atoms with van der Waals surface area (Å²) in [6.45, 7) is 5.03. The van der Waals surface area contributed by atoms with E-state index < -0.39 is 0 Å². The number of rotatable bonds is 7. The number of allylic oxidation sites excluding steroid dienone is 46. The van der Waals surface area contributed by atoms with Crippen molar-refractivity contribution in [3.63, 3.8) is 0 Å². The fraction of sp³-hybridized carbons (Fsp3) is 0.271. The first kappa shape index (κ1) is 86.4. The minimum atomic E-state index is -0.289. The zero-order valence-electron chi connectivity index (χ0n) is 78.1. The van der Waals surface area contributed by atoms with Crippen molar-refractivity contribution in [3.8, 4) is 16.8 Å². The molecular formula is C133H107Ir3N4-3. The van der Waals surface area contributed by atoms with Gasteiger partial charge in [0.1, 0.15) is 0 Å². The summed E-state index contributed by atoms with van der Waals surface area (Å²) in [4.78, 5) is 13.8. The Bertz CT molecular complexity index is 7240. The summed E-state index contributed by atoms with van der Waals surface area (Å²) in [6.07, 6.45) is 102. The van der Waals surface area contributed by atoms with Gasteiger partial charge in [0.15, 0.2) is 0 Å². The molecule has 0 saturated heterocycles. The van der Waals surface area contributed by atoms with Gasteiger partial charge in [0, 0.05) is 159 Å². The number of para-hydroxylation sites is 2. The van der Waals surface area contributed by atoms with Gasteiger partial charge in [-0.3, -0.25) is 33.2 Å². The third kappa shape index (κ3) is 12.7. The van der Waals surface area contributed by atoms with Crippen molar-refractivity contribution in [3.05, 3.63) is 540 Å². The van der Waals surface area contributed by atoms with Crippen LogP contribution >= 0.6 is 0 Å². The minimum Gasteiger partial charge on any atom is -0.480 e. The van der Waals surface area contributed by atoms with Gasteiger partial charge in [0.25, 0.3) is 0 Å². The van der Waals surface area contributed by atoms with Crippen LogP contribution in [0.3, 0.4) is 0 Å². The van der Waals surface area contributed by atoms with E-state index in [1.54, 1.807) is 39.0 Å². The monoisotopic (exact) mass is 2340 g/mol. The Labute approximate surface area is 863 Å². The molecule has 4 nitrogen and oxygen atoms in total. The summed E-state index contributed by atoms with van der Waals surface area (Å²) in [5.41, 5.74) is 27.6. The number of benzene rings is 6. The third-order valence-electron chi connectivity index (χ3n) is 37.7. The first-order valence-corrected chi connectivity index (χ1v) is 51.5. The molecule has 34 aliphatic rings. The molecule has 4 aromatic heterocycles. The number of aromatic nitrogens is 4. The molecule has 4 heterocycles. The van der Waals surface area contributed by atoms with E-state index in [9.17, 15) is 0 Å². The fourth-order valence-electron chi connectivity index (χ4n) is 30.6. The molecule has 689 valence electrons. The quantitative estimate of drug-likeness (QED) is 0.118. The second-order valence-electron chi connectivity index (χ2n) is 44.6. The Hall–Kier alpha value is -11.5. The maximum atomic E-state index is 4.71. The molecule has 16 atom stereocenters. The predicted octanol–water partition coefficient (Wildman–Crippen LogP) is 27.7. The summed E-state index contributed by atoms with van der Waals surface area (Å²) < 4.78 is 2.49. The van der Waals surface area contributed by atoms with Crippen molar-refractivity contribution >= 4 is 21.7 Å². The normalized spacial score (nSPS) is 38.5. The summed E-state index contributed by atoms with van der Waals surface area (Å²) in [6, 6.07) is 74.1. The van der Waals surface area contributed by atoms with Crippen LogP contribution in [0, 0.1) is 183 Å². The smallest absolute Gasteiger partial charge is 0.0650 e. The maximum Gasteiger partial charge on any atom is 0.0650 e. The van der Waals surface area contributed by atoms with E-state index in [1.165, 1.54) is 55.3 Å². The van der Waals surface area contributed by atoms with Gasteiger partial charge in [-0.05, 0) is 262 Å². The van der Waals surface area contributed by atoms with Gasteiger partial charge in [0.05, 0.1) is 10.9 Å². The number of pyridine rings is 3. The molecule has 32 bridgehead atoms. The van der Waals surface area contributed by atoms with Gasteiger partial charge in [-0.2, -0.15) is 0 Å². The van der Waals surface area contributed by atoms with Gasteiger partial charge < -0.3 is 22.8 Å². The van der Waals surface area contributed by atoms with Crippen LogP contribution in [0.15, 0.2) is 482 Å². The average molecular weight is 2340 g/mol. The molecule has 7 heteroatoms. The fourth-order valence-corrected chi connectivity index (χ4v) is 30.6. The standard InChI is InChI=1S/C33H26.C23H22.C22H17N.C21H16N.C19H14N.C15H12N.3Ir/c1-3-7-21(8-4-1)33(22-9-5-2-6-10-22)31-19-11-15-23-24(16-12-19)27(23)29(31)30-28-25-17-13-20(32(30)33)14-18-26(25)28;1-23(2)21-11-3-7-13-14(8-4-11)17(13)19(21)20-18-15-9-5-12(22(20)23)6-10-16(15)18;1-2-6-15(7-3-1)23-19-9-5-4-8-18(19)21-20-16-12-10-14(22(21)23)11-13-17(16)20;1-2-4-15(5-3-1)16-9-13-22-20(14-16)21-10-6-17-18(7-11-21)19(17)8-12-21;1-2-4-14-12-20-18(11-13(14)3-1)19-8-5-15-16(6-9-19)17(15)7-10-19;1-2-10-16-14(3-1)15-7-4-11-12(5-8-15)13(11)6-9-15;;;/h1-20,23-28H;3-18H,1-2H3;1-14,16-17,20H;1-11,13-14,17-19H;1-9,11-12,15-17H;1-8,10-13H;;;/q;;;3*-1;;;. The second kappa shape index (κ2) is 32.0. The first-order valence-electron chi connectivity index (χ1n) is 51.5. The number of fused-ring (bicyclic) bond motifs is 2. The van der Waals surface area contributed by atoms with Gasteiger partial charge in [-0.1, -0.05) is 346 Å². The van der Waals surface area contributed by atoms with E-state index >= 15 is 0 Å². The largest absolute Gasteiger partial charge is 0.480 e. The summed E-state index contributed by atoms with van der Waals surface area (Å²) in [5, 5.41) is 3.88. The molecule has 8 fully saturated rings. The average Bonchev–Trinajstić information content (AvgIpc) is 1.48. The molecule has 0 spiro atoms. The van der Waals surface area contributed by atoms with Crippen LogP contribution in [0.1, 0.15) is 65.1 Å². The van der Waals surface area contributed by atoms with Crippen LogP contribution in [0.25, 0.3) is 38.5 Å². The van der Waals surface area contributed by atoms with Crippen LogP contribution in [0.5, 0.6) is 0 Å². The van der Waals surface area contributed by atoms with Crippen LogP contribution in [-0.4, -0.2) is 19.5 Å². The van der Waals surface area contributed by atoms with Crippen LogP contribution in [-0.2, 0) is 82.0 Å². The third-order valence-corrected chi connectivity index (χ3v) is 37.7. The summed E-state index contributed by atoms with van der Waals surface area (Å²) in [5.74, 6) is 19.6. The zero-order valence-corrected chi connectivity index (χ0v) is 85.3.